The van der Waals surface area contributed by atoms with Crippen molar-refractivity contribution in [1.29, 1.82) is 0 Å². The summed E-state index contributed by atoms with van der Waals surface area (Å²) in [6.07, 6.45) is 3.94. The van der Waals surface area contributed by atoms with Crippen LogP contribution < -0.4 is 14.8 Å². The smallest absolute Gasteiger partial charge is 0.247 e. The van der Waals surface area contributed by atoms with Crippen molar-refractivity contribution in [2.45, 2.75) is 13.3 Å². The summed E-state index contributed by atoms with van der Waals surface area (Å²) in [6.45, 7) is 2.41. The minimum atomic E-state index is -0.277. The van der Waals surface area contributed by atoms with Crippen LogP contribution in [0, 0.1) is 0 Å². The van der Waals surface area contributed by atoms with Gasteiger partial charge >= 0.3 is 0 Å². The molecule has 0 spiro atoms. The molecule has 0 saturated carbocycles. The van der Waals surface area contributed by atoms with E-state index >= 15 is 0 Å². The number of anilines is 1. The molecule has 0 heterocycles. The lowest BCUT2D eigenvalue weighted by Crippen LogP contribution is -2.37. The number of rotatable bonds is 9. The first kappa shape index (κ1) is 21.0. The number of para-hydroxylation sites is 2. The van der Waals surface area contributed by atoms with Gasteiger partial charge in [-0.1, -0.05) is 31.2 Å². The molecule has 0 bridgehead atoms. The topological polar surface area (TPSA) is 67.9 Å². The summed E-state index contributed by atoms with van der Waals surface area (Å²) < 4.78 is 10.4. The van der Waals surface area contributed by atoms with Gasteiger partial charge in [0.25, 0.3) is 0 Å². The van der Waals surface area contributed by atoms with E-state index in [2.05, 4.69) is 5.32 Å². The molecule has 0 aliphatic carbocycles. The summed E-state index contributed by atoms with van der Waals surface area (Å²) in [7, 11) is 3.14. The zero-order chi connectivity index (χ0) is 20.4. The van der Waals surface area contributed by atoms with Crippen LogP contribution in [0.3, 0.4) is 0 Å². The lowest BCUT2D eigenvalue weighted by molar-refractivity contribution is -0.130. The van der Waals surface area contributed by atoms with E-state index in [-0.39, 0.29) is 18.4 Å². The van der Waals surface area contributed by atoms with Crippen molar-refractivity contribution in [1.82, 2.24) is 4.90 Å². The highest BCUT2D eigenvalue weighted by Gasteiger charge is 2.15. The molecule has 0 fully saturated rings. The van der Waals surface area contributed by atoms with Crippen LogP contribution in [0.4, 0.5) is 5.69 Å². The first-order valence-electron chi connectivity index (χ1n) is 9.11. The van der Waals surface area contributed by atoms with Gasteiger partial charge in [0.15, 0.2) is 0 Å². The number of hydrogen-bond donors (Lipinski definition) is 1. The Labute approximate surface area is 165 Å². The molecule has 6 nitrogen and oxygen atoms in total. The molecule has 0 unspecified atom stereocenters. The van der Waals surface area contributed by atoms with E-state index in [1.165, 1.54) is 11.0 Å². The van der Waals surface area contributed by atoms with Gasteiger partial charge in [-0.25, -0.2) is 0 Å². The summed E-state index contributed by atoms with van der Waals surface area (Å²) in [5.74, 6) is 0.791. The molecule has 148 valence electrons. The molecule has 2 aromatic rings. The van der Waals surface area contributed by atoms with Crippen LogP contribution in [0.15, 0.2) is 54.6 Å². The summed E-state index contributed by atoms with van der Waals surface area (Å²) in [6, 6.07) is 14.6. The molecule has 28 heavy (non-hydrogen) atoms. The predicted molar refractivity (Wildman–Crippen MR) is 111 cm³/mol. The summed E-state index contributed by atoms with van der Waals surface area (Å²) in [4.78, 5) is 26.5. The summed E-state index contributed by atoms with van der Waals surface area (Å²) >= 11 is 0. The van der Waals surface area contributed by atoms with Crippen LogP contribution in [0.25, 0.3) is 6.08 Å². The van der Waals surface area contributed by atoms with Gasteiger partial charge < -0.3 is 19.7 Å². The van der Waals surface area contributed by atoms with E-state index in [1.807, 2.05) is 43.3 Å². The van der Waals surface area contributed by atoms with Crippen molar-refractivity contribution in [3.8, 4) is 11.5 Å². The van der Waals surface area contributed by atoms with Crippen molar-refractivity contribution < 1.29 is 19.1 Å². The molecule has 2 amide bonds. The number of carbonyl (C=O) groups is 2. The van der Waals surface area contributed by atoms with Crippen molar-refractivity contribution in [2.24, 2.45) is 0 Å². The normalized spacial score (nSPS) is 10.5. The van der Waals surface area contributed by atoms with Gasteiger partial charge in [0.05, 0.1) is 19.9 Å². The van der Waals surface area contributed by atoms with E-state index in [0.717, 1.165) is 17.7 Å². The third-order valence-corrected chi connectivity index (χ3v) is 4.03. The van der Waals surface area contributed by atoms with Gasteiger partial charge in [0.2, 0.25) is 11.8 Å². The molecule has 0 aliphatic heterocycles. The Morgan fingerprint density at radius 1 is 1.07 bits per heavy atom. The fraction of sp³-hybridized carbons (Fsp3) is 0.273. The lowest BCUT2D eigenvalue weighted by atomic mass is 10.2. The average Bonchev–Trinajstić information content (AvgIpc) is 2.72. The highest BCUT2D eigenvalue weighted by Crippen LogP contribution is 2.22. The first-order valence-corrected chi connectivity index (χ1v) is 9.11. The number of carbonyl (C=O) groups excluding carboxylic acids is 2. The Bertz CT molecular complexity index is 833. The zero-order valence-electron chi connectivity index (χ0n) is 16.5. The van der Waals surface area contributed by atoms with E-state index in [1.54, 1.807) is 32.4 Å². The number of nitrogens with zero attached hydrogens (tertiary/aromatic N) is 1. The van der Waals surface area contributed by atoms with E-state index in [4.69, 9.17) is 9.47 Å². The van der Waals surface area contributed by atoms with E-state index < -0.39 is 0 Å². The standard InChI is InChI=1S/C22H26N2O4/c1-4-14-24(16-21(25)23-19-10-5-6-11-20(19)28-3)22(26)13-12-17-8-7-9-18(15-17)27-2/h5-13,15H,4,14,16H2,1-3H3,(H,23,25)/b13-12+. The number of benzene rings is 2. The van der Waals surface area contributed by atoms with Gasteiger partial charge in [-0.3, -0.25) is 9.59 Å². The molecule has 6 heteroatoms. The molecule has 0 aliphatic rings. The van der Waals surface area contributed by atoms with Crippen molar-refractivity contribution in [3.05, 3.63) is 60.2 Å². The Morgan fingerprint density at radius 2 is 1.86 bits per heavy atom. The highest BCUT2D eigenvalue weighted by molar-refractivity contribution is 5.98. The number of methoxy groups -OCH3 is 2. The second-order valence-corrected chi connectivity index (χ2v) is 6.12. The predicted octanol–water partition coefficient (Wildman–Crippen LogP) is 3.59. The van der Waals surface area contributed by atoms with Crippen LogP contribution in [-0.2, 0) is 9.59 Å². The Hall–Kier alpha value is -3.28. The van der Waals surface area contributed by atoms with Gasteiger partial charge in [-0.05, 0) is 42.3 Å². The molecule has 0 atom stereocenters. The maximum atomic E-state index is 12.6. The van der Waals surface area contributed by atoms with Gasteiger partial charge in [-0.15, -0.1) is 0 Å². The minimum Gasteiger partial charge on any atom is -0.497 e. The molecule has 2 rings (SSSR count). The van der Waals surface area contributed by atoms with E-state index in [0.29, 0.717) is 18.0 Å². The molecule has 0 saturated heterocycles. The lowest BCUT2D eigenvalue weighted by Gasteiger charge is -2.20. The maximum absolute atomic E-state index is 12.6. The second kappa shape index (κ2) is 10.8. The zero-order valence-corrected chi connectivity index (χ0v) is 16.5. The number of ether oxygens (including phenoxy) is 2. The molecule has 2 aromatic carbocycles. The Balaban J connectivity index is 2.03. The first-order chi connectivity index (χ1) is 13.6. The summed E-state index contributed by atoms with van der Waals surface area (Å²) in [5.41, 5.74) is 1.42. The van der Waals surface area contributed by atoms with Crippen LogP contribution in [-0.4, -0.2) is 44.0 Å². The molecule has 0 aromatic heterocycles. The highest BCUT2D eigenvalue weighted by atomic mass is 16.5. The van der Waals surface area contributed by atoms with Crippen LogP contribution in [0.2, 0.25) is 0 Å². The SMILES string of the molecule is CCCN(CC(=O)Nc1ccccc1OC)C(=O)/C=C/c1cccc(OC)c1. The largest absolute Gasteiger partial charge is 0.497 e. The van der Waals surface area contributed by atoms with Crippen molar-refractivity contribution in [2.75, 3.05) is 32.6 Å². The van der Waals surface area contributed by atoms with Crippen molar-refractivity contribution in [3.63, 3.8) is 0 Å². The molecule has 1 N–H and O–H groups in total. The second-order valence-electron chi connectivity index (χ2n) is 6.12. The van der Waals surface area contributed by atoms with E-state index in [9.17, 15) is 9.59 Å². The molecule has 0 radical (unpaired) electrons. The van der Waals surface area contributed by atoms with Crippen LogP contribution >= 0.6 is 0 Å². The maximum Gasteiger partial charge on any atom is 0.247 e. The number of nitrogens with one attached hydrogen (secondary N) is 1. The van der Waals surface area contributed by atoms with Gasteiger partial charge in [0.1, 0.15) is 18.0 Å². The van der Waals surface area contributed by atoms with Crippen molar-refractivity contribution >= 4 is 23.6 Å². The summed E-state index contributed by atoms with van der Waals surface area (Å²) in [5, 5.41) is 2.80. The van der Waals surface area contributed by atoms with Gasteiger partial charge in [0, 0.05) is 12.6 Å². The third-order valence-electron chi connectivity index (χ3n) is 4.03. The fourth-order valence-corrected chi connectivity index (χ4v) is 2.67. The fourth-order valence-electron chi connectivity index (χ4n) is 2.67. The number of hydrogen-bond acceptors (Lipinski definition) is 4. The van der Waals surface area contributed by atoms with Gasteiger partial charge in [-0.2, -0.15) is 0 Å². The Morgan fingerprint density at radius 3 is 2.57 bits per heavy atom. The van der Waals surface area contributed by atoms with Crippen LogP contribution in [0.5, 0.6) is 11.5 Å². The number of amides is 2. The molecular formula is C22H26N2O4. The third kappa shape index (κ3) is 6.16. The minimum absolute atomic E-state index is 0.0346. The monoisotopic (exact) mass is 382 g/mol. The quantitative estimate of drug-likeness (QED) is 0.673. The Kier molecular flexibility index (Phi) is 8.09. The molecular weight excluding hydrogens is 356 g/mol. The van der Waals surface area contributed by atoms with Crippen LogP contribution in [0.1, 0.15) is 18.9 Å². The average molecular weight is 382 g/mol.